The maximum absolute atomic E-state index is 13.6. The second-order valence-electron chi connectivity index (χ2n) is 11.0. The van der Waals surface area contributed by atoms with Crippen LogP contribution in [0.15, 0.2) is 10.9 Å². The van der Waals surface area contributed by atoms with Crippen molar-refractivity contribution in [1.82, 2.24) is 14.8 Å². The number of nitrogens with one attached hydrogen (secondary N) is 1. The molecule has 0 aromatic carbocycles. The van der Waals surface area contributed by atoms with E-state index in [1.807, 2.05) is 43.3 Å². The van der Waals surface area contributed by atoms with Crippen LogP contribution in [0.2, 0.25) is 0 Å². The molecule has 3 aliphatic rings. The van der Waals surface area contributed by atoms with E-state index in [-0.39, 0.29) is 11.5 Å². The summed E-state index contributed by atoms with van der Waals surface area (Å²) in [6, 6.07) is 2.70. The second-order valence-corrected chi connectivity index (χ2v) is 12.1. The first-order valence-electron chi connectivity index (χ1n) is 13.1. The maximum Gasteiger partial charge on any atom is 0.255 e. The number of amides is 1. The van der Waals surface area contributed by atoms with Crippen molar-refractivity contribution in [2.45, 2.75) is 84.4 Å². The molecule has 1 amide bonds. The smallest absolute Gasteiger partial charge is 0.255 e. The average molecular weight is 498 g/mol. The summed E-state index contributed by atoms with van der Waals surface area (Å²) >= 11 is 1.87. The molecule has 2 aliphatic heterocycles. The predicted octanol–water partition coefficient (Wildman–Crippen LogP) is 4.55. The fourth-order valence-corrected chi connectivity index (χ4v) is 7.93. The molecule has 6 nitrogen and oxygen atoms in total. The second kappa shape index (κ2) is 9.83. The van der Waals surface area contributed by atoms with E-state index in [1.165, 1.54) is 41.0 Å². The van der Waals surface area contributed by atoms with Gasteiger partial charge in [-0.1, -0.05) is 6.92 Å². The van der Waals surface area contributed by atoms with E-state index in [0.717, 1.165) is 36.3 Å². The van der Waals surface area contributed by atoms with Crippen molar-refractivity contribution < 1.29 is 9.53 Å². The number of hydrogen-bond donors (Lipinski definition) is 1. The van der Waals surface area contributed by atoms with Gasteiger partial charge in [0.15, 0.2) is 0 Å². The third-order valence-corrected chi connectivity index (χ3v) is 10.3. The fourth-order valence-electron chi connectivity index (χ4n) is 6.50. The average Bonchev–Trinajstić information content (AvgIpc) is 3.14. The quantitative estimate of drug-likeness (QED) is 0.636. The fraction of sp³-hybridized carbons (Fsp3) is 0.643. The number of pyridine rings is 1. The van der Waals surface area contributed by atoms with Crippen LogP contribution < -0.4 is 5.56 Å². The predicted molar refractivity (Wildman–Crippen MR) is 141 cm³/mol. The molecule has 1 saturated carbocycles. The van der Waals surface area contributed by atoms with E-state index in [9.17, 15) is 9.59 Å². The number of nitrogens with zero attached hydrogens (tertiary/aromatic N) is 2. The zero-order chi connectivity index (χ0) is 24.9. The van der Waals surface area contributed by atoms with Crippen LogP contribution in [0.25, 0.3) is 0 Å². The number of fused-ring (bicyclic) bond motifs is 1. The molecule has 2 aromatic heterocycles. The SMILES string of the molecule is COC1CN(C2CCC([C@@H](C)c3sc4c(c3C)C(=O)N(Cc3c(C)cc(C)[nH]c3=O)CC4)CC2)C1. The molecule has 190 valence electrons. The van der Waals surface area contributed by atoms with Gasteiger partial charge in [0.25, 0.3) is 11.5 Å². The van der Waals surface area contributed by atoms with Gasteiger partial charge in [0.1, 0.15) is 0 Å². The Morgan fingerprint density at radius 1 is 1.14 bits per heavy atom. The van der Waals surface area contributed by atoms with Gasteiger partial charge in [0.2, 0.25) is 0 Å². The lowest BCUT2D eigenvalue weighted by Crippen LogP contribution is -2.56. The monoisotopic (exact) mass is 497 g/mol. The third kappa shape index (κ3) is 4.63. The van der Waals surface area contributed by atoms with E-state index < -0.39 is 0 Å². The number of H-pyrrole nitrogens is 1. The summed E-state index contributed by atoms with van der Waals surface area (Å²) in [5.41, 5.74) is 4.51. The van der Waals surface area contributed by atoms with E-state index in [4.69, 9.17) is 4.74 Å². The van der Waals surface area contributed by atoms with Crippen molar-refractivity contribution in [1.29, 1.82) is 0 Å². The minimum absolute atomic E-state index is 0.0796. The van der Waals surface area contributed by atoms with Gasteiger partial charge in [0, 0.05) is 60.2 Å². The number of methoxy groups -OCH3 is 1. The van der Waals surface area contributed by atoms with Gasteiger partial charge in [-0.25, -0.2) is 0 Å². The standard InChI is InChI=1S/C28H39N3O3S/c1-16-12-17(2)29-27(32)23(16)15-30-11-10-24-25(28(30)33)19(4)26(35-24)18(3)20-6-8-21(9-7-20)31-13-22(14-31)34-5/h12,18,20-22H,6-11,13-15H2,1-5H3,(H,29,32)/t18-,20?,21?/m1/s1. The first-order chi connectivity index (χ1) is 16.8. The number of aromatic nitrogens is 1. The number of hydrogen-bond acceptors (Lipinski definition) is 5. The summed E-state index contributed by atoms with van der Waals surface area (Å²) in [6.45, 7) is 11.6. The number of rotatable bonds is 6. The van der Waals surface area contributed by atoms with Gasteiger partial charge in [-0.15, -0.1) is 11.3 Å². The molecular weight excluding hydrogens is 458 g/mol. The minimum atomic E-state index is -0.0796. The van der Waals surface area contributed by atoms with Gasteiger partial charge in [-0.05, 0) is 75.5 Å². The summed E-state index contributed by atoms with van der Waals surface area (Å²) in [6.07, 6.45) is 6.37. The van der Waals surface area contributed by atoms with Crippen molar-refractivity contribution >= 4 is 17.2 Å². The highest BCUT2D eigenvalue weighted by Crippen LogP contribution is 2.44. The lowest BCUT2D eigenvalue weighted by molar-refractivity contribution is -0.0600. The minimum Gasteiger partial charge on any atom is -0.379 e. The largest absolute Gasteiger partial charge is 0.379 e. The highest BCUT2D eigenvalue weighted by molar-refractivity contribution is 7.12. The van der Waals surface area contributed by atoms with Gasteiger partial charge < -0.3 is 14.6 Å². The molecule has 1 atom stereocenters. The molecule has 1 aliphatic carbocycles. The Morgan fingerprint density at radius 2 is 1.86 bits per heavy atom. The van der Waals surface area contributed by atoms with E-state index >= 15 is 0 Å². The molecular formula is C28H39N3O3S. The molecule has 0 bridgehead atoms. The maximum atomic E-state index is 13.6. The van der Waals surface area contributed by atoms with Crippen molar-refractivity contribution in [3.63, 3.8) is 0 Å². The molecule has 2 aromatic rings. The zero-order valence-corrected chi connectivity index (χ0v) is 22.6. The Kier molecular flexibility index (Phi) is 6.94. The van der Waals surface area contributed by atoms with E-state index in [1.54, 1.807) is 0 Å². The van der Waals surface area contributed by atoms with E-state index in [2.05, 4.69) is 23.7 Å². The molecule has 1 N–H and O–H groups in total. The molecule has 0 unspecified atom stereocenters. The number of aryl methyl sites for hydroxylation is 2. The Hall–Kier alpha value is -1.96. The molecule has 2 fully saturated rings. The topological polar surface area (TPSA) is 65.6 Å². The molecule has 7 heteroatoms. The Labute approximate surface area is 212 Å². The Balaban J connectivity index is 1.27. The molecule has 1 saturated heterocycles. The van der Waals surface area contributed by atoms with Crippen LogP contribution in [0, 0.1) is 26.7 Å². The van der Waals surface area contributed by atoms with Crippen LogP contribution in [0.3, 0.4) is 0 Å². The normalized spacial score (nSPS) is 24.4. The van der Waals surface area contributed by atoms with Gasteiger partial charge in [-0.2, -0.15) is 0 Å². The Morgan fingerprint density at radius 3 is 2.51 bits per heavy atom. The van der Waals surface area contributed by atoms with Crippen molar-refractivity contribution in [3.05, 3.63) is 54.1 Å². The van der Waals surface area contributed by atoms with Crippen molar-refractivity contribution in [2.75, 3.05) is 26.7 Å². The first kappa shape index (κ1) is 24.7. The molecule has 0 spiro atoms. The summed E-state index contributed by atoms with van der Waals surface area (Å²) in [5, 5.41) is 0. The number of thiophene rings is 1. The molecule has 5 rings (SSSR count). The van der Waals surface area contributed by atoms with Crippen LogP contribution in [0.1, 0.15) is 81.0 Å². The van der Waals surface area contributed by atoms with Gasteiger partial charge >= 0.3 is 0 Å². The number of carbonyl (C=O) groups is 1. The molecule has 4 heterocycles. The van der Waals surface area contributed by atoms with Crippen molar-refractivity contribution in [3.8, 4) is 0 Å². The lowest BCUT2D eigenvalue weighted by Gasteiger charge is -2.46. The highest BCUT2D eigenvalue weighted by Gasteiger charge is 2.37. The third-order valence-electron chi connectivity index (χ3n) is 8.80. The van der Waals surface area contributed by atoms with Crippen LogP contribution in [0.4, 0.5) is 0 Å². The highest BCUT2D eigenvalue weighted by atomic mass is 32.1. The number of carbonyl (C=O) groups excluding carboxylic acids is 1. The molecule has 0 radical (unpaired) electrons. The summed E-state index contributed by atoms with van der Waals surface area (Å²) in [5.74, 6) is 1.26. The lowest BCUT2D eigenvalue weighted by atomic mass is 9.76. The molecule has 35 heavy (non-hydrogen) atoms. The van der Waals surface area contributed by atoms with Crippen LogP contribution >= 0.6 is 11.3 Å². The number of ether oxygens (including phenoxy) is 1. The van der Waals surface area contributed by atoms with Crippen LogP contribution in [-0.4, -0.2) is 59.6 Å². The van der Waals surface area contributed by atoms with Crippen LogP contribution in [-0.2, 0) is 17.7 Å². The van der Waals surface area contributed by atoms with Crippen LogP contribution in [0.5, 0.6) is 0 Å². The summed E-state index contributed by atoms with van der Waals surface area (Å²) in [4.78, 5) is 36.1. The van der Waals surface area contributed by atoms with E-state index in [0.29, 0.717) is 42.6 Å². The number of aromatic amines is 1. The Bertz CT molecular complexity index is 1150. The summed E-state index contributed by atoms with van der Waals surface area (Å²) < 4.78 is 5.45. The van der Waals surface area contributed by atoms with Crippen molar-refractivity contribution in [2.24, 2.45) is 5.92 Å². The first-order valence-corrected chi connectivity index (χ1v) is 14.0. The summed E-state index contributed by atoms with van der Waals surface area (Å²) in [7, 11) is 1.82. The number of likely N-dealkylation sites (tertiary alicyclic amines) is 1. The van der Waals surface area contributed by atoms with Gasteiger partial charge in [0.05, 0.1) is 18.2 Å². The van der Waals surface area contributed by atoms with Gasteiger partial charge in [-0.3, -0.25) is 14.5 Å². The zero-order valence-electron chi connectivity index (χ0n) is 21.8.